The van der Waals surface area contributed by atoms with Crippen LogP contribution in [0, 0.1) is 0 Å². The number of nitrogens with zero attached hydrogens (tertiary/aromatic N) is 3. The van der Waals surface area contributed by atoms with Crippen molar-refractivity contribution in [3.63, 3.8) is 0 Å². The second-order valence-corrected chi connectivity index (χ2v) is 15.4. The number of rotatable bonds is 6. The summed E-state index contributed by atoms with van der Waals surface area (Å²) >= 11 is 1.23. The van der Waals surface area contributed by atoms with Gasteiger partial charge >= 0.3 is 0 Å². The number of hydrogen-bond acceptors (Lipinski definition) is 4. The number of hydrogen-bond donors (Lipinski definition) is 0. The zero-order chi connectivity index (χ0) is 42.1. The van der Waals surface area contributed by atoms with E-state index < -0.39 is 0 Å². The van der Waals surface area contributed by atoms with Crippen molar-refractivity contribution >= 4 is 178 Å². The predicted octanol–water partition coefficient (Wildman–Crippen LogP) is -1.03. The molecule has 0 amide bonds. The van der Waals surface area contributed by atoms with Crippen LogP contribution in [0.4, 0.5) is 0 Å². The van der Waals surface area contributed by atoms with Gasteiger partial charge in [0.05, 0.1) is 0 Å². The molecule has 0 spiro atoms. The van der Waals surface area contributed by atoms with E-state index in [1.165, 1.54) is 11.3 Å². The lowest BCUT2D eigenvalue weighted by Crippen LogP contribution is -2.48. The van der Waals surface area contributed by atoms with Crippen molar-refractivity contribution in [2.45, 2.75) is 0 Å². The molecule has 60 heavy (non-hydrogen) atoms. The fraction of sp³-hybridized carbons (Fsp3) is 0. The molecule has 0 aliphatic heterocycles. The van der Waals surface area contributed by atoms with E-state index in [-0.39, 0.29) is 77.0 Å². The van der Waals surface area contributed by atoms with E-state index in [9.17, 15) is 0 Å². The van der Waals surface area contributed by atoms with E-state index >= 15 is 0 Å². The summed E-state index contributed by atoms with van der Waals surface area (Å²) in [5.41, 5.74) is 7.56. The summed E-state index contributed by atoms with van der Waals surface area (Å²) in [5.74, 6) is 0.865. The molecule has 252 valence electrons. The highest BCUT2D eigenvalue weighted by Crippen LogP contribution is 2.36. The third-order valence-electron chi connectivity index (χ3n) is 10.9. The molecule has 0 unspecified atom stereocenters. The maximum Gasteiger partial charge on any atom is 0.164 e. The normalized spacial score (nSPS) is 11.4. The number of benzene rings is 7. The van der Waals surface area contributed by atoms with Gasteiger partial charge in [-0.15, -0.1) is 33.2 Å². The van der Waals surface area contributed by atoms with Crippen LogP contribution >= 0.6 is 11.3 Å². The molecule has 0 atom stereocenters. The molecule has 0 N–H and O–H groups in total. The van der Waals surface area contributed by atoms with Crippen LogP contribution in [0.25, 0.3) is 87.7 Å². The Morgan fingerprint density at radius 2 is 0.617 bits per heavy atom. The first-order valence-electron chi connectivity index (χ1n) is 18.6. The van der Waals surface area contributed by atoms with Gasteiger partial charge in [-0.05, 0) is 44.2 Å². The molecule has 7 aromatic carbocycles. The summed E-state index contributed by atoms with van der Waals surface area (Å²) in [6.07, 6.45) is 0. The van der Waals surface area contributed by atoms with Crippen molar-refractivity contribution < 1.29 is 0 Å². The van der Waals surface area contributed by atoms with E-state index in [0.717, 1.165) is 33.4 Å². The van der Waals surface area contributed by atoms with Crippen LogP contribution in [0.1, 0.15) is 0 Å². The molecule has 0 saturated carbocycles. The fourth-order valence-corrected chi connectivity index (χ4v) is 8.98. The summed E-state index contributed by atoms with van der Waals surface area (Å²) in [5, 5.41) is 0.916. The molecule has 2 aromatic heterocycles. The molecule has 15 heteroatoms. The highest BCUT2D eigenvalue weighted by Gasteiger charge is 2.26. The minimum Gasteiger partial charge on any atom is -0.208 e. The van der Waals surface area contributed by atoms with Gasteiger partial charge in [-0.25, -0.2) is 15.0 Å². The van der Waals surface area contributed by atoms with Gasteiger partial charge < -0.3 is 0 Å². The lowest BCUT2D eigenvalue weighted by Gasteiger charge is -2.25. The highest BCUT2D eigenvalue weighted by molar-refractivity contribution is 7.28. The zero-order valence-electron chi connectivity index (χ0n) is 32.0. The molecule has 3 nitrogen and oxygen atoms in total. The third-order valence-corrected chi connectivity index (χ3v) is 12.1. The van der Waals surface area contributed by atoms with Crippen LogP contribution in [0.5, 0.6) is 0 Å². The summed E-state index contributed by atoms with van der Waals surface area (Å²) in [4.78, 5) is 14.9. The van der Waals surface area contributed by atoms with Gasteiger partial charge in [0.25, 0.3) is 0 Å². The smallest absolute Gasteiger partial charge is 0.164 e. The highest BCUT2D eigenvalue weighted by atomic mass is 32.1. The maximum absolute atomic E-state index is 7.19. The molecule has 0 bridgehead atoms. The Morgan fingerprint density at radius 3 is 1.12 bits per heavy atom. The standard InChI is InChI=1S/C45H18B11N3S/c46-30-25(26-32(48)37(53)33(49)27-28-34(50)38(54)39(55)40(56)42(28)60-41(26)27)31(47)36(52)35(51)29(30)45-58-43(23-15-11-21(12-16-23)19-7-3-1-4-8-19)57-44(59-45)24-17-13-22(14-18-24)20-9-5-2-6-10-20/h1-18H. The van der Waals surface area contributed by atoms with Gasteiger partial charge in [0.15, 0.2) is 17.5 Å². The molecular formula is C45H18B11N3S. The SMILES string of the molecule is [B]c1c([B])c(-c2nc(-c3ccc(-c4ccccc4)cc3)nc(-c3ccc(-c4ccccc4)cc3)n2)c([B])c(-c2c([B])c([B])c([B])c3c2sc2c([B])c([B])c([B])c([B])c23)c1[B]. The van der Waals surface area contributed by atoms with Crippen LogP contribution in [0.2, 0.25) is 0 Å². The van der Waals surface area contributed by atoms with Gasteiger partial charge in [0.2, 0.25) is 0 Å². The quantitative estimate of drug-likeness (QED) is 0.205. The molecule has 0 aliphatic rings. The first-order valence-corrected chi connectivity index (χ1v) is 19.5. The first kappa shape index (κ1) is 39.9. The van der Waals surface area contributed by atoms with Gasteiger partial charge in [0.1, 0.15) is 86.3 Å². The van der Waals surface area contributed by atoms with Crippen LogP contribution in [-0.4, -0.2) is 101 Å². The second kappa shape index (κ2) is 15.5. The second-order valence-electron chi connectivity index (χ2n) is 14.4. The summed E-state index contributed by atoms with van der Waals surface area (Å²) in [7, 11) is 73.4. The summed E-state index contributed by atoms with van der Waals surface area (Å²) in [6, 6.07) is 36.0. The lowest BCUT2D eigenvalue weighted by molar-refractivity contribution is 1.08. The van der Waals surface area contributed by atoms with Gasteiger partial charge in [-0.3, -0.25) is 0 Å². The largest absolute Gasteiger partial charge is 0.208 e. The molecule has 9 aromatic rings. The molecule has 0 aliphatic carbocycles. The number of aromatic nitrogens is 3. The Balaban J connectivity index is 1.30. The number of thiophene rings is 1. The third kappa shape index (κ3) is 6.48. The van der Waals surface area contributed by atoms with Gasteiger partial charge in [-0.2, -0.15) is 0 Å². The molecule has 0 fully saturated rings. The molecule has 9 rings (SSSR count). The van der Waals surface area contributed by atoms with E-state index in [1.807, 2.05) is 109 Å². The van der Waals surface area contributed by atoms with Crippen molar-refractivity contribution in [3.8, 4) is 67.5 Å². The van der Waals surface area contributed by atoms with Crippen molar-refractivity contribution in [2.24, 2.45) is 0 Å². The van der Waals surface area contributed by atoms with Crippen molar-refractivity contribution in [3.05, 3.63) is 109 Å². The molecular weight excluding hydrogens is 734 g/mol. The molecule has 0 saturated heterocycles. The minimum absolute atomic E-state index is 0.0220. The zero-order valence-corrected chi connectivity index (χ0v) is 32.8. The Bertz CT molecular complexity index is 3090. The minimum atomic E-state index is 0.0220. The number of fused-ring (bicyclic) bond motifs is 3. The van der Waals surface area contributed by atoms with Crippen molar-refractivity contribution in [1.29, 1.82) is 0 Å². The summed E-state index contributed by atoms with van der Waals surface area (Å²) in [6.45, 7) is 0. The topological polar surface area (TPSA) is 38.7 Å². The van der Waals surface area contributed by atoms with Crippen molar-refractivity contribution in [1.82, 2.24) is 15.0 Å². The van der Waals surface area contributed by atoms with Crippen LogP contribution in [0.3, 0.4) is 0 Å². The maximum atomic E-state index is 7.19. The first-order chi connectivity index (χ1) is 28.8. The summed E-state index contributed by atoms with van der Waals surface area (Å²) < 4.78 is 1.04. The lowest BCUT2D eigenvalue weighted by atomic mass is 9.60. The van der Waals surface area contributed by atoms with E-state index in [4.69, 9.17) is 101 Å². The van der Waals surface area contributed by atoms with E-state index in [0.29, 0.717) is 37.4 Å². The average Bonchev–Trinajstić information content (AvgIpc) is 3.69. The van der Waals surface area contributed by atoms with Gasteiger partial charge in [0, 0.05) is 26.1 Å². The Kier molecular flexibility index (Phi) is 10.3. The Hall–Kier alpha value is -5.52. The molecule has 2 heterocycles. The fourth-order valence-electron chi connectivity index (χ4n) is 7.61. The molecule has 22 radical (unpaired) electrons. The van der Waals surface area contributed by atoms with Crippen molar-refractivity contribution in [2.75, 3.05) is 0 Å². The van der Waals surface area contributed by atoms with Gasteiger partial charge in [-0.1, -0.05) is 147 Å². The monoisotopic (exact) mass is 753 g/mol. The van der Waals surface area contributed by atoms with E-state index in [1.54, 1.807) is 0 Å². The predicted molar refractivity (Wildman–Crippen MR) is 265 cm³/mol. The Morgan fingerprint density at radius 1 is 0.267 bits per heavy atom. The van der Waals surface area contributed by atoms with Crippen LogP contribution in [0.15, 0.2) is 109 Å². The van der Waals surface area contributed by atoms with E-state index in [2.05, 4.69) is 0 Å². The van der Waals surface area contributed by atoms with Crippen LogP contribution < -0.4 is 60.1 Å². The average molecular weight is 752 g/mol. The van der Waals surface area contributed by atoms with Crippen LogP contribution in [-0.2, 0) is 0 Å². The Labute approximate surface area is 367 Å².